The zero-order valence-electron chi connectivity index (χ0n) is 12.1. The fourth-order valence-corrected chi connectivity index (χ4v) is 3.43. The first-order valence-corrected chi connectivity index (χ1v) is 8.34. The van der Waals surface area contributed by atoms with Gasteiger partial charge in [-0.05, 0) is 55.5 Å². The number of alkyl halides is 1. The van der Waals surface area contributed by atoms with Gasteiger partial charge in [-0.25, -0.2) is 0 Å². The van der Waals surface area contributed by atoms with Gasteiger partial charge in [0.2, 0.25) is 0 Å². The molecule has 104 valence electrons. The molecule has 0 spiro atoms. The molecule has 0 aliphatic carbocycles. The minimum atomic E-state index is 0.921. The van der Waals surface area contributed by atoms with Crippen LogP contribution < -0.4 is 4.90 Å². The lowest BCUT2D eigenvalue weighted by Gasteiger charge is -2.33. The summed E-state index contributed by atoms with van der Waals surface area (Å²) in [5.41, 5.74) is 8.27. The summed E-state index contributed by atoms with van der Waals surface area (Å²) in [7, 11) is 0. The van der Waals surface area contributed by atoms with Crippen molar-refractivity contribution >= 4 is 27.3 Å². The first-order valence-electron chi connectivity index (χ1n) is 7.21. The van der Waals surface area contributed by atoms with Crippen LogP contribution in [0.15, 0.2) is 36.4 Å². The van der Waals surface area contributed by atoms with E-state index >= 15 is 0 Å². The Kier molecular flexibility index (Phi) is 3.84. The van der Waals surface area contributed by atoms with Crippen LogP contribution >= 0.6 is 15.9 Å². The minimum absolute atomic E-state index is 0.921. The lowest BCUT2D eigenvalue weighted by atomic mass is 9.98. The molecule has 0 unspecified atom stereocenters. The number of nitrogens with zero attached hydrogens (tertiary/aromatic N) is 1. The average Bonchev–Trinajstić information content (AvgIpc) is 2.46. The summed E-state index contributed by atoms with van der Waals surface area (Å²) in [5.74, 6) is 0. The molecule has 20 heavy (non-hydrogen) atoms. The van der Waals surface area contributed by atoms with Crippen LogP contribution in [0.2, 0.25) is 0 Å². The molecule has 1 aliphatic heterocycles. The van der Waals surface area contributed by atoms with Crippen LogP contribution in [0.25, 0.3) is 0 Å². The molecule has 0 fully saturated rings. The van der Waals surface area contributed by atoms with Gasteiger partial charge in [0.05, 0.1) is 0 Å². The molecular weight excluding hydrogens is 310 g/mol. The molecule has 1 heterocycles. The van der Waals surface area contributed by atoms with E-state index in [0.717, 1.165) is 11.9 Å². The Balaban J connectivity index is 2.04. The van der Waals surface area contributed by atoms with Crippen LogP contribution in [-0.4, -0.2) is 6.54 Å². The van der Waals surface area contributed by atoms with E-state index in [0.29, 0.717) is 0 Å². The van der Waals surface area contributed by atoms with Gasteiger partial charge in [0, 0.05) is 23.2 Å². The van der Waals surface area contributed by atoms with Gasteiger partial charge in [-0.1, -0.05) is 45.8 Å². The standard InChI is InChI=1S/C18H20BrN/c1-13-5-7-18-16(10-13)4-3-9-20(18)17-8-6-15(12-19)11-14(17)2/h5-8,10-11H,3-4,9,12H2,1-2H3. The molecule has 0 aromatic heterocycles. The lowest BCUT2D eigenvalue weighted by Crippen LogP contribution is -2.25. The number of hydrogen-bond acceptors (Lipinski definition) is 1. The number of anilines is 2. The highest BCUT2D eigenvalue weighted by Crippen LogP contribution is 2.35. The maximum atomic E-state index is 3.53. The van der Waals surface area contributed by atoms with Crippen LogP contribution in [0, 0.1) is 13.8 Å². The molecule has 2 aromatic carbocycles. The van der Waals surface area contributed by atoms with E-state index in [1.165, 1.54) is 46.5 Å². The van der Waals surface area contributed by atoms with Crippen molar-refractivity contribution in [3.63, 3.8) is 0 Å². The van der Waals surface area contributed by atoms with Gasteiger partial charge < -0.3 is 4.90 Å². The first-order chi connectivity index (χ1) is 9.69. The number of benzene rings is 2. The van der Waals surface area contributed by atoms with Crippen LogP contribution in [0.4, 0.5) is 11.4 Å². The highest BCUT2D eigenvalue weighted by molar-refractivity contribution is 9.08. The molecule has 0 saturated heterocycles. The van der Waals surface area contributed by atoms with Crippen LogP contribution in [0.3, 0.4) is 0 Å². The summed E-state index contributed by atoms with van der Waals surface area (Å²) in [4.78, 5) is 2.48. The van der Waals surface area contributed by atoms with Crippen molar-refractivity contribution in [2.75, 3.05) is 11.4 Å². The van der Waals surface area contributed by atoms with Crippen molar-refractivity contribution < 1.29 is 0 Å². The van der Waals surface area contributed by atoms with Gasteiger partial charge in [0.1, 0.15) is 0 Å². The Morgan fingerprint density at radius 2 is 1.85 bits per heavy atom. The fraction of sp³-hybridized carbons (Fsp3) is 0.333. The number of halogens is 1. The van der Waals surface area contributed by atoms with E-state index in [2.05, 4.69) is 71.1 Å². The van der Waals surface area contributed by atoms with Gasteiger partial charge >= 0.3 is 0 Å². The van der Waals surface area contributed by atoms with Crippen molar-refractivity contribution in [1.29, 1.82) is 0 Å². The highest BCUT2D eigenvalue weighted by Gasteiger charge is 2.19. The number of fused-ring (bicyclic) bond motifs is 1. The second kappa shape index (κ2) is 5.61. The van der Waals surface area contributed by atoms with Gasteiger partial charge in [0.15, 0.2) is 0 Å². The second-order valence-corrected chi connectivity index (χ2v) is 6.20. The topological polar surface area (TPSA) is 3.24 Å². The second-order valence-electron chi connectivity index (χ2n) is 5.64. The Hall–Kier alpha value is -1.28. The quantitative estimate of drug-likeness (QED) is 0.677. The monoisotopic (exact) mass is 329 g/mol. The Bertz CT molecular complexity index is 633. The Morgan fingerprint density at radius 3 is 2.60 bits per heavy atom. The summed E-state index contributed by atoms with van der Waals surface area (Å²) < 4.78 is 0. The van der Waals surface area contributed by atoms with Crippen molar-refractivity contribution in [3.05, 3.63) is 58.7 Å². The zero-order valence-corrected chi connectivity index (χ0v) is 13.7. The molecule has 2 heteroatoms. The summed E-state index contributed by atoms with van der Waals surface area (Å²) in [5, 5.41) is 0.921. The fourth-order valence-electron chi connectivity index (χ4n) is 3.08. The molecule has 0 bridgehead atoms. The maximum Gasteiger partial charge on any atom is 0.0443 e. The van der Waals surface area contributed by atoms with Crippen molar-refractivity contribution in [1.82, 2.24) is 0 Å². The molecule has 1 aliphatic rings. The number of rotatable bonds is 2. The van der Waals surface area contributed by atoms with Gasteiger partial charge in [0.25, 0.3) is 0 Å². The molecule has 0 radical (unpaired) electrons. The third-order valence-electron chi connectivity index (χ3n) is 4.06. The van der Waals surface area contributed by atoms with Gasteiger partial charge in [-0.15, -0.1) is 0 Å². The molecule has 3 rings (SSSR count). The highest BCUT2D eigenvalue weighted by atomic mass is 79.9. The third kappa shape index (κ3) is 2.49. The molecule has 0 atom stereocenters. The third-order valence-corrected chi connectivity index (χ3v) is 4.71. The van der Waals surface area contributed by atoms with Crippen molar-refractivity contribution in [2.45, 2.75) is 32.0 Å². The zero-order chi connectivity index (χ0) is 14.1. The number of aryl methyl sites for hydroxylation is 3. The van der Waals surface area contributed by atoms with E-state index in [1.54, 1.807) is 0 Å². The van der Waals surface area contributed by atoms with Crippen LogP contribution in [0.1, 0.15) is 28.7 Å². The molecule has 0 amide bonds. The normalized spacial score (nSPS) is 14.2. The molecule has 0 saturated carbocycles. The molecular formula is C18H20BrN. The Labute approximate surface area is 129 Å². The van der Waals surface area contributed by atoms with Crippen molar-refractivity contribution in [3.8, 4) is 0 Å². The average molecular weight is 330 g/mol. The summed E-state index contributed by atoms with van der Waals surface area (Å²) >= 11 is 3.53. The molecule has 1 nitrogen and oxygen atoms in total. The minimum Gasteiger partial charge on any atom is -0.341 e. The van der Waals surface area contributed by atoms with Gasteiger partial charge in [-0.3, -0.25) is 0 Å². The summed E-state index contributed by atoms with van der Waals surface area (Å²) in [6.45, 7) is 5.50. The predicted molar refractivity (Wildman–Crippen MR) is 90.3 cm³/mol. The van der Waals surface area contributed by atoms with E-state index in [-0.39, 0.29) is 0 Å². The molecule has 2 aromatic rings. The van der Waals surface area contributed by atoms with Crippen LogP contribution in [-0.2, 0) is 11.8 Å². The van der Waals surface area contributed by atoms with E-state index in [9.17, 15) is 0 Å². The number of hydrogen-bond donors (Lipinski definition) is 0. The summed E-state index contributed by atoms with van der Waals surface area (Å²) in [6.07, 6.45) is 2.43. The lowest BCUT2D eigenvalue weighted by molar-refractivity contribution is 0.764. The summed E-state index contributed by atoms with van der Waals surface area (Å²) in [6, 6.07) is 13.6. The maximum absolute atomic E-state index is 3.53. The predicted octanol–water partition coefficient (Wildman–Crippen LogP) is 5.28. The van der Waals surface area contributed by atoms with E-state index in [4.69, 9.17) is 0 Å². The Morgan fingerprint density at radius 1 is 1.05 bits per heavy atom. The van der Waals surface area contributed by atoms with Crippen molar-refractivity contribution in [2.24, 2.45) is 0 Å². The van der Waals surface area contributed by atoms with Gasteiger partial charge in [-0.2, -0.15) is 0 Å². The molecule has 0 N–H and O–H groups in total. The SMILES string of the molecule is Cc1ccc2c(c1)CCCN2c1ccc(CBr)cc1C. The van der Waals surface area contributed by atoms with E-state index in [1.807, 2.05) is 0 Å². The van der Waals surface area contributed by atoms with Crippen LogP contribution in [0.5, 0.6) is 0 Å². The smallest absolute Gasteiger partial charge is 0.0443 e. The largest absolute Gasteiger partial charge is 0.341 e. The first kappa shape index (κ1) is 13.7. The van der Waals surface area contributed by atoms with E-state index < -0.39 is 0 Å².